The van der Waals surface area contributed by atoms with Gasteiger partial charge in [-0.2, -0.15) is 0 Å². The number of ether oxygens (including phenoxy) is 1. The summed E-state index contributed by atoms with van der Waals surface area (Å²) in [5.74, 6) is -3.89. The molecule has 1 heterocycles. The maximum atomic E-state index is 14.4. The Morgan fingerprint density at radius 2 is 1.89 bits per heavy atom. The average molecular weight is 487 g/mol. The number of urea groups is 1. The van der Waals surface area contributed by atoms with Crippen molar-refractivity contribution < 1.29 is 37.8 Å². The van der Waals surface area contributed by atoms with E-state index in [0.29, 0.717) is 11.8 Å². The molecule has 3 amide bonds. The highest BCUT2D eigenvalue weighted by molar-refractivity contribution is 6.14. The van der Waals surface area contributed by atoms with Crippen molar-refractivity contribution in [3.8, 4) is 16.9 Å². The predicted molar refractivity (Wildman–Crippen MR) is 120 cm³/mol. The molecule has 0 spiro atoms. The zero-order valence-corrected chi connectivity index (χ0v) is 19.1. The summed E-state index contributed by atoms with van der Waals surface area (Å²) >= 11 is 0. The van der Waals surface area contributed by atoms with Crippen LogP contribution >= 0.6 is 0 Å². The normalized spacial score (nSPS) is 16.4. The molecule has 0 aliphatic carbocycles. The van der Waals surface area contributed by atoms with Crippen LogP contribution in [-0.4, -0.2) is 53.9 Å². The monoisotopic (exact) mass is 487 g/mol. The Balaban J connectivity index is 1.92. The van der Waals surface area contributed by atoms with E-state index in [1.54, 1.807) is 6.92 Å². The fourth-order valence-electron chi connectivity index (χ4n) is 3.59. The molecule has 9 nitrogen and oxygen atoms in total. The number of carboxylic acids is 1. The first-order chi connectivity index (χ1) is 16.5. The van der Waals surface area contributed by atoms with Gasteiger partial charge in [0.15, 0.2) is 11.8 Å². The minimum Gasteiger partial charge on any atom is -0.497 e. The fraction of sp³-hybridized carbons (Fsp3) is 0.250. The molecule has 3 rings (SSSR count). The first kappa shape index (κ1) is 25.3. The molecule has 2 aromatic rings. The molecule has 0 saturated carbocycles. The molecule has 11 heteroatoms. The summed E-state index contributed by atoms with van der Waals surface area (Å²) in [5.41, 5.74) is 0.955. The van der Waals surface area contributed by atoms with Crippen LogP contribution in [-0.2, 0) is 14.4 Å². The molecule has 35 heavy (non-hydrogen) atoms. The summed E-state index contributed by atoms with van der Waals surface area (Å²) in [4.78, 5) is 50.0. The van der Waals surface area contributed by atoms with Crippen LogP contribution in [0.3, 0.4) is 0 Å². The lowest BCUT2D eigenvalue weighted by Crippen LogP contribution is -2.56. The minimum atomic E-state index is -1.47. The Morgan fingerprint density at radius 1 is 1.17 bits per heavy atom. The van der Waals surface area contributed by atoms with Crippen LogP contribution in [0.25, 0.3) is 11.1 Å². The molecule has 0 bridgehead atoms. The quantitative estimate of drug-likeness (QED) is 0.516. The Hall–Kier alpha value is -4.28. The molecule has 0 aromatic heterocycles. The molecule has 1 aliphatic heterocycles. The number of rotatable bonds is 7. The number of aliphatic carboxylic acids is 1. The number of hydrogen-bond donors (Lipinski definition) is 3. The van der Waals surface area contributed by atoms with Crippen molar-refractivity contribution >= 4 is 23.7 Å². The zero-order chi connectivity index (χ0) is 25.9. The van der Waals surface area contributed by atoms with Crippen LogP contribution in [0.1, 0.15) is 24.9 Å². The van der Waals surface area contributed by atoms with Crippen LogP contribution in [0, 0.1) is 11.6 Å². The first-order valence-corrected chi connectivity index (χ1v) is 10.4. The Labute approximate surface area is 199 Å². The summed E-state index contributed by atoms with van der Waals surface area (Å²) in [6, 6.07) is 3.80. The highest BCUT2D eigenvalue weighted by Crippen LogP contribution is 2.32. The van der Waals surface area contributed by atoms with Gasteiger partial charge in [0.05, 0.1) is 19.6 Å². The van der Waals surface area contributed by atoms with Gasteiger partial charge in [-0.15, -0.1) is 0 Å². The Bertz CT molecular complexity index is 1230. The van der Waals surface area contributed by atoms with Gasteiger partial charge < -0.3 is 25.4 Å². The second-order valence-electron chi connectivity index (χ2n) is 7.91. The van der Waals surface area contributed by atoms with Gasteiger partial charge in [0.2, 0.25) is 0 Å². The number of nitrogens with zero attached hydrogens (tertiary/aromatic N) is 1. The van der Waals surface area contributed by atoms with Crippen molar-refractivity contribution in [3.05, 3.63) is 65.4 Å². The average Bonchev–Trinajstić information content (AvgIpc) is 2.79. The molecule has 1 unspecified atom stereocenters. The van der Waals surface area contributed by atoms with E-state index < -0.39 is 53.8 Å². The summed E-state index contributed by atoms with van der Waals surface area (Å²) in [6.45, 7) is 1.57. The topological polar surface area (TPSA) is 125 Å². The van der Waals surface area contributed by atoms with E-state index >= 15 is 0 Å². The third kappa shape index (κ3) is 5.81. The van der Waals surface area contributed by atoms with Crippen molar-refractivity contribution in [1.82, 2.24) is 15.5 Å². The van der Waals surface area contributed by atoms with E-state index in [4.69, 9.17) is 4.74 Å². The summed E-state index contributed by atoms with van der Waals surface area (Å²) in [7, 11) is 2.80. The van der Waals surface area contributed by atoms with E-state index in [9.17, 15) is 33.1 Å². The predicted octanol–water partition coefficient (Wildman–Crippen LogP) is 2.77. The van der Waals surface area contributed by atoms with Crippen LogP contribution in [0.2, 0.25) is 0 Å². The molecule has 1 aliphatic rings. The molecule has 184 valence electrons. The van der Waals surface area contributed by atoms with Gasteiger partial charge in [-0.25, -0.2) is 13.6 Å². The molecule has 0 radical (unpaired) electrons. The largest absolute Gasteiger partial charge is 0.497 e. The molecular formula is C24H23F2N3O6. The second kappa shape index (κ2) is 10.3. The minimum absolute atomic E-state index is 0.0358. The number of ketones is 1. The van der Waals surface area contributed by atoms with Crippen molar-refractivity contribution in [3.63, 3.8) is 0 Å². The zero-order valence-electron chi connectivity index (χ0n) is 19.1. The lowest BCUT2D eigenvalue weighted by Gasteiger charge is -2.28. The van der Waals surface area contributed by atoms with E-state index in [2.05, 4.69) is 10.6 Å². The Kier molecular flexibility index (Phi) is 7.48. The van der Waals surface area contributed by atoms with Crippen molar-refractivity contribution in [1.29, 1.82) is 0 Å². The van der Waals surface area contributed by atoms with Gasteiger partial charge in [0.25, 0.3) is 5.91 Å². The van der Waals surface area contributed by atoms with Gasteiger partial charge in [-0.1, -0.05) is 0 Å². The number of allylic oxidation sites excluding steroid dienone is 1. The van der Waals surface area contributed by atoms with E-state index in [1.807, 2.05) is 0 Å². The van der Waals surface area contributed by atoms with Gasteiger partial charge >= 0.3 is 12.0 Å². The van der Waals surface area contributed by atoms with Gasteiger partial charge in [-0.05, 0) is 48.4 Å². The summed E-state index contributed by atoms with van der Waals surface area (Å²) in [6.07, 6.45) is 0.643. The van der Waals surface area contributed by atoms with E-state index in [0.717, 1.165) is 6.07 Å². The maximum absolute atomic E-state index is 14.4. The molecule has 3 N–H and O–H groups in total. The van der Waals surface area contributed by atoms with Crippen molar-refractivity contribution in [2.75, 3.05) is 14.2 Å². The standard InChI is InChI=1S/C24H23F2N3O6/c1-12-6-20(30)22(23(33)29(12)2)28-24(34)27-19(11-21(31)32)14-7-13(8-16(9-14)35-3)17-5-4-15(25)10-18(17)26/h4-10,19,22H,11H2,1-3H3,(H,31,32)(H2,27,28,34)/t19-,22?/m0/s1. The molecule has 2 aromatic carbocycles. The third-order valence-electron chi connectivity index (χ3n) is 5.51. The second-order valence-corrected chi connectivity index (χ2v) is 7.91. The number of nitrogens with one attached hydrogen (secondary N) is 2. The lowest BCUT2D eigenvalue weighted by atomic mass is 9.97. The van der Waals surface area contributed by atoms with Crippen molar-refractivity contribution in [2.24, 2.45) is 0 Å². The summed E-state index contributed by atoms with van der Waals surface area (Å²) in [5, 5.41) is 14.1. The molecular weight excluding hydrogens is 464 g/mol. The highest BCUT2D eigenvalue weighted by Gasteiger charge is 2.34. The number of methoxy groups -OCH3 is 1. The van der Waals surface area contributed by atoms with Crippen LogP contribution in [0.15, 0.2) is 48.2 Å². The number of hydrogen-bond acceptors (Lipinski definition) is 5. The number of carboxylic acid groups (broad SMARTS) is 1. The van der Waals surface area contributed by atoms with Gasteiger partial charge in [-0.3, -0.25) is 14.4 Å². The van der Waals surface area contributed by atoms with Crippen molar-refractivity contribution in [2.45, 2.75) is 25.4 Å². The highest BCUT2D eigenvalue weighted by atomic mass is 19.1. The Morgan fingerprint density at radius 3 is 2.51 bits per heavy atom. The number of benzene rings is 2. The molecule has 0 fully saturated rings. The van der Waals surface area contributed by atoms with Gasteiger partial charge in [0.1, 0.15) is 17.4 Å². The number of amides is 3. The number of carbonyl (C=O) groups is 4. The van der Waals surface area contributed by atoms with Gasteiger partial charge in [0, 0.05) is 30.5 Å². The van der Waals surface area contributed by atoms with Crippen LogP contribution < -0.4 is 15.4 Å². The van der Waals surface area contributed by atoms with Crippen LogP contribution in [0.5, 0.6) is 5.75 Å². The fourth-order valence-corrected chi connectivity index (χ4v) is 3.59. The molecule has 2 atom stereocenters. The maximum Gasteiger partial charge on any atom is 0.316 e. The van der Waals surface area contributed by atoms with Crippen LogP contribution in [0.4, 0.5) is 13.6 Å². The lowest BCUT2D eigenvalue weighted by molar-refractivity contribution is -0.138. The molecule has 0 saturated heterocycles. The number of carbonyl (C=O) groups excluding carboxylic acids is 3. The third-order valence-corrected chi connectivity index (χ3v) is 5.51. The van der Waals surface area contributed by atoms with E-state index in [1.165, 1.54) is 49.4 Å². The number of halogens is 2. The number of likely N-dealkylation sites (N-methyl/N-ethyl adjacent to an activating group) is 1. The first-order valence-electron chi connectivity index (χ1n) is 10.4. The smallest absolute Gasteiger partial charge is 0.316 e. The SMILES string of the molecule is COc1cc(-c2ccc(F)cc2F)cc([C@H](CC(=O)O)NC(=O)NC2C(=O)C=C(C)N(C)C2=O)c1. The summed E-state index contributed by atoms with van der Waals surface area (Å²) < 4.78 is 33.0. The van der Waals surface area contributed by atoms with E-state index in [-0.39, 0.29) is 22.4 Å².